The number of ether oxygens (including phenoxy) is 1. The summed E-state index contributed by atoms with van der Waals surface area (Å²) < 4.78 is 5.21. The molecule has 24 heavy (non-hydrogen) atoms. The van der Waals surface area contributed by atoms with E-state index in [1.807, 2.05) is 36.5 Å². The van der Waals surface area contributed by atoms with E-state index in [1.54, 1.807) is 18.2 Å². The van der Waals surface area contributed by atoms with Crippen LogP contribution in [0.25, 0.3) is 22.2 Å². The number of halogens is 1. The number of fused-ring (bicyclic) bond motifs is 1. The number of carbonyl (C=O) groups excluding carboxylic acids is 1. The average molecular weight is 342 g/mol. The van der Waals surface area contributed by atoms with Crippen LogP contribution in [0.4, 0.5) is 0 Å². The van der Waals surface area contributed by atoms with E-state index in [1.165, 1.54) is 0 Å². The average Bonchev–Trinajstić information content (AvgIpc) is 2.97. The van der Waals surface area contributed by atoms with Crippen LogP contribution in [0.2, 0.25) is 5.02 Å². The number of hydrogen-bond donors (Lipinski definition) is 1. The molecule has 0 bridgehead atoms. The lowest BCUT2D eigenvalue weighted by atomic mass is 10.0. The summed E-state index contributed by atoms with van der Waals surface area (Å²) in [7, 11) is 1.67. The minimum absolute atomic E-state index is 0.0403. The van der Waals surface area contributed by atoms with Crippen LogP contribution < -0.4 is 0 Å². The number of hydrogen-bond acceptors (Lipinski definition) is 3. The molecule has 5 nitrogen and oxygen atoms in total. The van der Waals surface area contributed by atoms with Gasteiger partial charge in [-0.15, -0.1) is 0 Å². The number of nitrogens with one attached hydrogen (secondary N) is 1. The Balaban J connectivity index is 1.59. The molecule has 1 aromatic carbocycles. The van der Waals surface area contributed by atoms with E-state index in [-0.39, 0.29) is 12.0 Å². The number of likely N-dealkylation sites (tertiary alicyclic amines) is 1. The maximum Gasteiger partial charge on any atom is 0.254 e. The van der Waals surface area contributed by atoms with Crippen molar-refractivity contribution in [3.05, 3.63) is 53.3 Å². The fourth-order valence-corrected chi connectivity index (χ4v) is 3.10. The van der Waals surface area contributed by atoms with Gasteiger partial charge in [-0.1, -0.05) is 23.7 Å². The van der Waals surface area contributed by atoms with Crippen molar-refractivity contribution in [1.82, 2.24) is 14.9 Å². The molecular formula is C18H16ClN3O2. The van der Waals surface area contributed by atoms with E-state index in [9.17, 15) is 4.79 Å². The van der Waals surface area contributed by atoms with E-state index in [0.717, 1.165) is 22.2 Å². The van der Waals surface area contributed by atoms with E-state index < -0.39 is 0 Å². The van der Waals surface area contributed by atoms with Crippen molar-refractivity contribution >= 4 is 28.5 Å². The van der Waals surface area contributed by atoms with Gasteiger partial charge in [-0.05, 0) is 23.8 Å². The second kappa shape index (κ2) is 5.92. The summed E-state index contributed by atoms with van der Waals surface area (Å²) in [4.78, 5) is 21.6. The molecule has 1 N–H and O–H groups in total. The van der Waals surface area contributed by atoms with Crippen LogP contribution >= 0.6 is 11.6 Å². The first-order valence-corrected chi connectivity index (χ1v) is 8.08. The summed E-state index contributed by atoms with van der Waals surface area (Å²) in [5.41, 5.74) is 3.51. The summed E-state index contributed by atoms with van der Waals surface area (Å²) in [5.74, 6) is 0.0403. The van der Waals surface area contributed by atoms with E-state index in [0.29, 0.717) is 23.7 Å². The van der Waals surface area contributed by atoms with Gasteiger partial charge in [-0.3, -0.25) is 4.79 Å². The van der Waals surface area contributed by atoms with Crippen LogP contribution in [0.1, 0.15) is 10.4 Å². The largest absolute Gasteiger partial charge is 0.378 e. The molecule has 0 unspecified atom stereocenters. The second-order valence-electron chi connectivity index (χ2n) is 5.90. The van der Waals surface area contributed by atoms with Crippen LogP contribution in [0, 0.1) is 0 Å². The zero-order valence-electron chi connectivity index (χ0n) is 13.1. The number of H-pyrrole nitrogens is 1. The Labute approximate surface area is 144 Å². The molecule has 1 saturated heterocycles. The maximum absolute atomic E-state index is 12.4. The summed E-state index contributed by atoms with van der Waals surface area (Å²) in [5, 5.41) is 1.56. The zero-order valence-corrected chi connectivity index (χ0v) is 13.9. The van der Waals surface area contributed by atoms with Crippen molar-refractivity contribution in [1.29, 1.82) is 0 Å². The first-order valence-electron chi connectivity index (χ1n) is 7.71. The Morgan fingerprint density at radius 3 is 2.79 bits per heavy atom. The Morgan fingerprint density at radius 2 is 2.08 bits per heavy atom. The predicted octanol–water partition coefficient (Wildman–Crippen LogP) is 3.35. The van der Waals surface area contributed by atoms with Crippen LogP contribution in [-0.2, 0) is 4.74 Å². The minimum Gasteiger partial charge on any atom is -0.378 e. The number of aromatic nitrogens is 2. The van der Waals surface area contributed by atoms with Crippen molar-refractivity contribution in [2.24, 2.45) is 0 Å². The molecule has 1 aliphatic heterocycles. The van der Waals surface area contributed by atoms with Crippen LogP contribution in [0.3, 0.4) is 0 Å². The number of rotatable bonds is 3. The molecule has 1 fully saturated rings. The molecule has 1 aliphatic rings. The third-order valence-corrected chi connectivity index (χ3v) is 4.62. The first-order chi connectivity index (χ1) is 11.7. The van der Waals surface area contributed by atoms with Gasteiger partial charge in [0.15, 0.2) is 0 Å². The van der Waals surface area contributed by atoms with Gasteiger partial charge < -0.3 is 14.6 Å². The number of methoxy groups -OCH3 is 1. The van der Waals surface area contributed by atoms with Gasteiger partial charge in [-0.2, -0.15) is 0 Å². The topological polar surface area (TPSA) is 58.2 Å². The molecule has 2 aromatic heterocycles. The normalized spacial score (nSPS) is 14.8. The highest BCUT2D eigenvalue weighted by Gasteiger charge is 2.30. The third-order valence-electron chi connectivity index (χ3n) is 4.41. The molecular weight excluding hydrogens is 326 g/mol. The van der Waals surface area contributed by atoms with Gasteiger partial charge in [0.2, 0.25) is 0 Å². The van der Waals surface area contributed by atoms with Gasteiger partial charge in [0.25, 0.3) is 5.91 Å². The highest BCUT2D eigenvalue weighted by atomic mass is 35.5. The van der Waals surface area contributed by atoms with Crippen molar-refractivity contribution in [2.75, 3.05) is 20.2 Å². The summed E-state index contributed by atoms with van der Waals surface area (Å²) >= 11 is 6.05. The smallest absolute Gasteiger partial charge is 0.254 e. The molecule has 3 aromatic rings. The highest BCUT2D eigenvalue weighted by Crippen LogP contribution is 2.29. The summed E-state index contributed by atoms with van der Waals surface area (Å²) in [6.45, 7) is 1.31. The van der Waals surface area contributed by atoms with Gasteiger partial charge >= 0.3 is 0 Å². The van der Waals surface area contributed by atoms with Crippen LogP contribution in [-0.4, -0.2) is 47.1 Å². The SMILES string of the molecule is COC1CN(C(=O)c2ccc(-c3c[nH]c4ncc(Cl)cc34)cc2)C1. The summed E-state index contributed by atoms with van der Waals surface area (Å²) in [6, 6.07) is 9.50. The maximum atomic E-state index is 12.4. The Kier molecular flexibility index (Phi) is 3.75. The molecule has 0 saturated carbocycles. The molecule has 0 spiro atoms. The van der Waals surface area contributed by atoms with Crippen molar-refractivity contribution < 1.29 is 9.53 Å². The Bertz CT molecular complexity index is 898. The predicted molar refractivity (Wildman–Crippen MR) is 93.2 cm³/mol. The number of aromatic amines is 1. The highest BCUT2D eigenvalue weighted by molar-refractivity contribution is 6.31. The molecule has 0 radical (unpaired) electrons. The number of amides is 1. The van der Waals surface area contributed by atoms with Crippen molar-refractivity contribution in [3.8, 4) is 11.1 Å². The van der Waals surface area contributed by atoms with E-state index in [4.69, 9.17) is 16.3 Å². The molecule has 4 rings (SSSR count). The van der Waals surface area contributed by atoms with E-state index in [2.05, 4.69) is 9.97 Å². The molecule has 6 heteroatoms. The second-order valence-corrected chi connectivity index (χ2v) is 6.33. The van der Waals surface area contributed by atoms with Gasteiger partial charge in [0, 0.05) is 49.1 Å². The Hall–Kier alpha value is -2.37. The third kappa shape index (κ3) is 2.56. The first kappa shape index (κ1) is 15.2. The number of benzene rings is 1. The van der Waals surface area contributed by atoms with Gasteiger partial charge in [-0.25, -0.2) is 4.98 Å². The van der Waals surface area contributed by atoms with Crippen molar-refractivity contribution in [2.45, 2.75) is 6.10 Å². The number of carbonyl (C=O) groups is 1. The van der Waals surface area contributed by atoms with Gasteiger partial charge in [0.05, 0.1) is 11.1 Å². The Morgan fingerprint density at radius 1 is 1.33 bits per heavy atom. The fourth-order valence-electron chi connectivity index (χ4n) is 2.94. The molecule has 0 atom stereocenters. The minimum atomic E-state index is 0.0403. The van der Waals surface area contributed by atoms with Gasteiger partial charge in [0.1, 0.15) is 5.65 Å². The lowest BCUT2D eigenvalue weighted by Crippen LogP contribution is -2.54. The quantitative estimate of drug-likeness (QED) is 0.794. The number of nitrogens with zero attached hydrogens (tertiary/aromatic N) is 2. The van der Waals surface area contributed by atoms with Crippen molar-refractivity contribution in [3.63, 3.8) is 0 Å². The lowest BCUT2D eigenvalue weighted by molar-refractivity contribution is -0.0191. The van der Waals surface area contributed by atoms with Crippen LogP contribution in [0.5, 0.6) is 0 Å². The monoisotopic (exact) mass is 341 g/mol. The molecule has 122 valence electrons. The molecule has 3 heterocycles. The zero-order chi connectivity index (χ0) is 16.7. The standard InChI is InChI=1S/C18H16ClN3O2/c1-24-14-9-22(10-14)18(23)12-4-2-11(3-5-12)16-8-21-17-15(16)6-13(19)7-20-17/h2-8,14H,9-10H2,1H3,(H,20,21). The number of pyridine rings is 1. The lowest BCUT2D eigenvalue weighted by Gasteiger charge is -2.38. The summed E-state index contributed by atoms with van der Waals surface area (Å²) in [6.07, 6.45) is 3.69. The van der Waals surface area contributed by atoms with Crippen LogP contribution in [0.15, 0.2) is 42.7 Å². The molecule has 0 aliphatic carbocycles. The molecule has 1 amide bonds. The fraction of sp³-hybridized carbons (Fsp3) is 0.222. The van der Waals surface area contributed by atoms with E-state index >= 15 is 0 Å².